The molecule has 0 aliphatic heterocycles. The topological polar surface area (TPSA) is 88.2 Å². The van der Waals surface area contributed by atoms with Crippen LogP contribution in [-0.2, 0) is 0 Å². The summed E-state index contributed by atoms with van der Waals surface area (Å²) in [7, 11) is 0. The SMILES string of the molecule is CC1(NC(=O)c2cccnc2N)CCC(O)CC1. The number of rotatable bonds is 2. The van der Waals surface area contributed by atoms with E-state index >= 15 is 0 Å². The number of hydrogen-bond donors (Lipinski definition) is 3. The Morgan fingerprint density at radius 2 is 2.22 bits per heavy atom. The van der Waals surface area contributed by atoms with Crippen LogP contribution in [0.3, 0.4) is 0 Å². The summed E-state index contributed by atoms with van der Waals surface area (Å²) in [4.78, 5) is 16.0. The van der Waals surface area contributed by atoms with Crippen molar-refractivity contribution in [2.75, 3.05) is 5.73 Å². The second-order valence-corrected chi connectivity index (χ2v) is 5.18. The van der Waals surface area contributed by atoms with Gasteiger partial charge in [0, 0.05) is 11.7 Å². The second-order valence-electron chi connectivity index (χ2n) is 5.18. The lowest BCUT2D eigenvalue weighted by Crippen LogP contribution is -2.49. The van der Waals surface area contributed by atoms with Crippen molar-refractivity contribution in [1.82, 2.24) is 10.3 Å². The number of nitrogens with two attached hydrogens (primary N) is 1. The molecule has 0 bridgehead atoms. The van der Waals surface area contributed by atoms with Crippen LogP contribution in [0.25, 0.3) is 0 Å². The van der Waals surface area contributed by atoms with Crippen molar-refractivity contribution < 1.29 is 9.90 Å². The third kappa shape index (κ3) is 2.79. The quantitative estimate of drug-likeness (QED) is 0.732. The number of amides is 1. The first-order valence-corrected chi connectivity index (χ1v) is 6.21. The van der Waals surface area contributed by atoms with Gasteiger partial charge in [0.2, 0.25) is 0 Å². The molecule has 1 aliphatic carbocycles. The average molecular weight is 249 g/mol. The standard InChI is InChI=1S/C13H19N3O2/c1-13(6-4-9(17)5-7-13)16-12(18)10-3-2-8-15-11(10)14/h2-3,8-9,17H,4-7H2,1H3,(H2,14,15)(H,16,18). The second kappa shape index (κ2) is 4.94. The number of nitrogens with one attached hydrogen (secondary N) is 1. The van der Waals surface area contributed by atoms with Crippen LogP contribution in [0.1, 0.15) is 43.0 Å². The van der Waals surface area contributed by atoms with Gasteiger partial charge in [0.15, 0.2) is 0 Å². The van der Waals surface area contributed by atoms with E-state index in [0.717, 1.165) is 25.7 Å². The summed E-state index contributed by atoms with van der Waals surface area (Å²) in [5, 5.41) is 12.5. The van der Waals surface area contributed by atoms with Gasteiger partial charge in [0.05, 0.1) is 11.7 Å². The molecule has 0 aromatic carbocycles. The Balaban J connectivity index is 2.06. The lowest BCUT2D eigenvalue weighted by molar-refractivity contribution is 0.0726. The van der Waals surface area contributed by atoms with Crippen molar-refractivity contribution >= 4 is 11.7 Å². The van der Waals surface area contributed by atoms with Crippen molar-refractivity contribution in [3.63, 3.8) is 0 Å². The van der Waals surface area contributed by atoms with Crippen LogP contribution < -0.4 is 11.1 Å². The highest BCUT2D eigenvalue weighted by Crippen LogP contribution is 2.28. The molecule has 1 fully saturated rings. The number of aliphatic hydroxyl groups is 1. The van der Waals surface area contributed by atoms with E-state index in [0.29, 0.717) is 5.56 Å². The number of aromatic nitrogens is 1. The molecule has 0 spiro atoms. The predicted octanol–water partition coefficient (Wildman–Crippen LogP) is 1.09. The first-order valence-electron chi connectivity index (χ1n) is 6.21. The molecule has 1 aromatic heterocycles. The van der Waals surface area contributed by atoms with Gasteiger partial charge in [-0.3, -0.25) is 4.79 Å². The van der Waals surface area contributed by atoms with E-state index < -0.39 is 0 Å². The van der Waals surface area contributed by atoms with Gasteiger partial charge >= 0.3 is 0 Å². The predicted molar refractivity (Wildman–Crippen MR) is 69.0 cm³/mol. The normalized spacial score (nSPS) is 27.8. The zero-order valence-electron chi connectivity index (χ0n) is 10.5. The zero-order valence-corrected chi connectivity index (χ0v) is 10.5. The smallest absolute Gasteiger partial charge is 0.255 e. The van der Waals surface area contributed by atoms with Crippen molar-refractivity contribution in [2.24, 2.45) is 0 Å². The fraction of sp³-hybridized carbons (Fsp3) is 0.538. The van der Waals surface area contributed by atoms with E-state index in [1.54, 1.807) is 18.3 Å². The first kappa shape index (κ1) is 12.8. The molecule has 0 radical (unpaired) electrons. The lowest BCUT2D eigenvalue weighted by Gasteiger charge is -2.36. The maximum Gasteiger partial charge on any atom is 0.255 e. The van der Waals surface area contributed by atoms with Crippen LogP contribution in [0.4, 0.5) is 5.82 Å². The number of carbonyl (C=O) groups is 1. The van der Waals surface area contributed by atoms with Gasteiger partial charge in [-0.1, -0.05) is 0 Å². The third-order valence-electron chi connectivity index (χ3n) is 3.56. The number of nitrogens with zero attached hydrogens (tertiary/aromatic N) is 1. The van der Waals surface area contributed by atoms with Gasteiger partial charge in [0.1, 0.15) is 5.82 Å². The van der Waals surface area contributed by atoms with Gasteiger partial charge in [0.25, 0.3) is 5.91 Å². The Labute approximate surface area is 106 Å². The Kier molecular flexibility index (Phi) is 3.52. The molecule has 0 atom stereocenters. The summed E-state index contributed by atoms with van der Waals surface area (Å²) in [5.41, 5.74) is 5.82. The van der Waals surface area contributed by atoms with E-state index in [1.165, 1.54) is 0 Å². The number of pyridine rings is 1. The summed E-state index contributed by atoms with van der Waals surface area (Å²) in [6, 6.07) is 3.36. The number of hydrogen-bond acceptors (Lipinski definition) is 4. The molecule has 1 aromatic rings. The molecule has 98 valence electrons. The van der Waals surface area contributed by atoms with Crippen molar-refractivity contribution in [3.05, 3.63) is 23.9 Å². The van der Waals surface area contributed by atoms with Crippen molar-refractivity contribution in [3.8, 4) is 0 Å². The van der Waals surface area contributed by atoms with Crippen molar-refractivity contribution in [2.45, 2.75) is 44.2 Å². The average Bonchev–Trinajstić information content (AvgIpc) is 2.34. The highest BCUT2D eigenvalue weighted by Gasteiger charge is 2.32. The number of aliphatic hydroxyl groups excluding tert-OH is 1. The van der Waals surface area contributed by atoms with E-state index in [4.69, 9.17) is 5.73 Å². The molecule has 0 saturated heterocycles. The van der Waals surface area contributed by atoms with Crippen LogP contribution in [-0.4, -0.2) is 27.6 Å². The third-order valence-corrected chi connectivity index (χ3v) is 3.56. The summed E-state index contributed by atoms with van der Waals surface area (Å²) < 4.78 is 0. The Bertz CT molecular complexity index is 440. The molecule has 0 unspecified atom stereocenters. The largest absolute Gasteiger partial charge is 0.393 e. The van der Waals surface area contributed by atoms with Crippen LogP contribution in [0.15, 0.2) is 18.3 Å². The maximum absolute atomic E-state index is 12.1. The van der Waals surface area contributed by atoms with Crippen molar-refractivity contribution in [1.29, 1.82) is 0 Å². The monoisotopic (exact) mass is 249 g/mol. The van der Waals surface area contributed by atoms with Gasteiger partial charge in [-0.05, 0) is 44.7 Å². The van der Waals surface area contributed by atoms with E-state index in [2.05, 4.69) is 10.3 Å². The van der Waals surface area contributed by atoms with Gasteiger partial charge in [-0.2, -0.15) is 0 Å². The molecule has 1 aliphatic rings. The van der Waals surface area contributed by atoms with Crippen LogP contribution in [0.5, 0.6) is 0 Å². The number of anilines is 1. The minimum atomic E-state index is -0.265. The minimum absolute atomic E-state index is 0.195. The molecule has 18 heavy (non-hydrogen) atoms. The molecule has 1 amide bonds. The zero-order chi connectivity index (χ0) is 13.2. The molecule has 4 N–H and O–H groups in total. The molecule has 2 rings (SSSR count). The molecule has 5 nitrogen and oxygen atoms in total. The fourth-order valence-corrected chi connectivity index (χ4v) is 2.32. The van der Waals surface area contributed by atoms with E-state index in [9.17, 15) is 9.90 Å². The van der Waals surface area contributed by atoms with Crippen LogP contribution in [0, 0.1) is 0 Å². The van der Waals surface area contributed by atoms with Gasteiger partial charge in [-0.25, -0.2) is 4.98 Å². The molecule has 5 heteroatoms. The Morgan fingerprint density at radius 1 is 1.56 bits per heavy atom. The minimum Gasteiger partial charge on any atom is -0.393 e. The lowest BCUT2D eigenvalue weighted by atomic mass is 9.82. The van der Waals surface area contributed by atoms with Gasteiger partial charge < -0.3 is 16.2 Å². The highest BCUT2D eigenvalue weighted by molar-refractivity contribution is 5.98. The van der Waals surface area contributed by atoms with Crippen LogP contribution in [0.2, 0.25) is 0 Å². The summed E-state index contributed by atoms with van der Waals surface area (Å²) in [6.07, 6.45) is 4.32. The van der Waals surface area contributed by atoms with E-state index in [1.807, 2.05) is 6.92 Å². The Morgan fingerprint density at radius 3 is 2.83 bits per heavy atom. The molecule has 1 saturated carbocycles. The highest BCUT2D eigenvalue weighted by atomic mass is 16.3. The molecule has 1 heterocycles. The Hall–Kier alpha value is -1.62. The summed E-state index contributed by atoms with van der Waals surface area (Å²) in [5.74, 6) is 0.0499. The summed E-state index contributed by atoms with van der Waals surface area (Å²) >= 11 is 0. The fourth-order valence-electron chi connectivity index (χ4n) is 2.32. The maximum atomic E-state index is 12.1. The molecular formula is C13H19N3O2. The van der Waals surface area contributed by atoms with Crippen LogP contribution >= 0.6 is 0 Å². The molecular weight excluding hydrogens is 230 g/mol. The van der Waals surface area contributed by atoms with Gasteiger partial charge in [-0.15, -0.1) is 0 Å². The first-order chi connectivity index (χ1) is 8.50. The number of nitrogen functional groups attached to an aromatic ring is 1. The van der Waals surface area contributed by atoms with E-state index in [-0.39, 0.29) is 23.4 Å². The summed E-state index contributed by atoms with van der Waals surface area (Å²) in [6.45, 7) is 2.00. The number of carbonyl (C=O) groups excluding carboxylic acids is 1.